The average Bonchev–Trinajstić information content (AvgIpc) is 2.10. The van der Waals surface area contributed by atoms with Crippen molar-refractivity contribution in [2.24, 2.45) is 0 Å². The van der Waals surface area contributed by atoms with Gasteiger partial charge in [0.1, 0.15) is 5.69 Å². The predicted molar refractivity (Wildman–Crippen MR) is 40.2 cm³/mol. The van der Waals surface area contributed by atoms with Crippen molar-refractivity contribution in [3.05, 3.63) is 17.6 Å². The molecular formula is C7H4F6N2O. The smallest absolute Gasteiger partial charge is 0.396 e. The second kappa shape index (κ2) is 4.06. The van der Waals surface area contributed by atoms with Gasteiger partial charge >= 0.3 is 6.36 Å². The maximum Gasteiger partial charge on any atom is 0.574 e. The molecule has 9 heteroatoms. The Balaban J connectivity index is 3.17. The lowest BCUT2D eigenvalue weighted by atomic mass is 10.3. The second-order valence-electron chi connectivity index (χ2n) is 2.60. The molecule has 16 heavy (non-hydrogen) atoms. The summed E-state index contributed by atoms with van der Waals surface area (Å²) in [5.74, 6) is -3.26. The zero-order chi connectivity index (χ0) is 12.5. The topological polar surface area (TPSA) is 48.1 Å². The SMILES string of the molecule is Nc1cc(C(F)F)nc(OC(F)(F)F)c1F. The Labute approximate surface area is 84.8 Å². The highest BCUT2D eigenvalue weighted by molar-refractivity contribution is 5.45. The number of hydrogen-bond acceptors (Lipinski definition) is 3. The Bertz CT molecular complexity index is 391. The number of nitrogen functional groups attached to an aromatic ring is 1. The number of ether oxygens (including phenoxy) is 1. The van der Waals surface area contributed by atoms with Crippen molar-refractivity contribution in [1.82, 2.24) is 4.98 Å². The standard InChI is InChI=1S/C7H4F6N2O/c8-4-2(14)1-3(5(9)10)15-6(4)16-7(11,12)13/h1,5H,(H2,14,15). The fraction of sp³-hybridized carbons (Fsp3) is 0.286. The summed E-state index contributed by atoms with van der Waals surface area (Å²) in [7, 11) is 0. The van der Waals surface area contributed by atoms with E-state index in [2.05, 4.69) is 9.72 Å². The fourth-order valence-corrected chi connectivity index (χ4v) is 0.834. The molecule has 0 radical (unpaired) electrons. The van der Waals surface area contributed by atoms with Gasteiger partial charge in [-0.1, -0.05) is 0 Å². The fourth-order valence-electron chi connectivity index (χ4n) is 0.834. The van der Waals surface area contributed by atoms with Crippen LogP contribution in [-0.2, 0) is 0 Å². The molecule has 0 aliphatic carbocycles. The third kappa shape index (κ3) is 2.91. The minimum atomic E-state index is -5.24. The summed E-state index contributed by atoms with van der Waals surface area (Å²) in [6.45, 7) is 0. The summed E-state index contributed by atoms with van der Waals surface area (Å²) < 4.78 is 75.4. The van der Waals surface area contributed by atoms with Crippen molar-refractivity contribution in [3.63, 3.8) is 0 Å². The van der Waals surface area contributed by atoms with Gasteiger partial charge in [0.25, 0.3) is 12.3 Å². The van der Waals surface area contributed by atoms with Crippen LogP contribution in [0.5, 0.6) is 5.88 Å². The van der Waals surface area contributed by atoms with Crippen LogP contribution in [-0.4, -0.2) is 11.3 Å². The van der Waals surface area contributed by atoms with E-state index in [0.29, 0.717) is 6.07 Å². The van der Waals surface area contributed by atoms with Gasteiger partial charge in [-0.2, -0.15) is 4.39 Å². The number of aromatic nitrogens is 1. The lowest BCUT2D eigenvalue weighted by molar-refractivity contribution is -0.277. The molecule has 1 aromatic heterocycles. The summed E-state index contributed by atoms with van der Waals surface area (Å²) in [6, 6.07) is 0.434. The van der Waals surface area contributed by atoms with Crippen LogP contribution in [0.15, 0.2) is 6.07 Å². The van der Waals surface area contributed by atoms with Gasteiger partial charge in [0.15, 0.2) is 0 Å². The normalized spacial score (nSPS) is 11.9. The quantitative estimate of drug-likeness (QED) is 0.816. The molecule has 90 valence electrons. The molecule has 0 fully saturated rings. The van der Waals surface area contributed by atoms with E-state index in [1.54, 1.807) is 0 Å². The van der Waals surface area contributed by atoms with E-state index in [1.165, 1.54) is 0 Å². The first-order valence-electron chi connectivity index (χ1n) is 3.70. The van der Waals surface area contributed by atoms with Crippen molar-refractivity contribution in [3.8, 4) is 5.88 Å². The predicted octanol–water partition coefficient (Wildman–Crippen LogP) is 2.64. The Kier molecular flexibility index (Phi) is 3.15. The number of hydrogen-bond donors (Lipinski definition) is 1. The minimum Gasteiger partial charge on any atom is -0.396 e. The summed E-state index contributed by atoms with van der Waals surface area (Å²) >= 11 is 0. The lowest BCUT2D eigenvalue weighted by Crippen LogP contribution is -2.19. The zero-order valence-electron chi connectivity index (χ0n) is 7.36. The van der Waals surface area contributed by atoms with Crippen LogP contribution >= 0.6 is 0 Å². The van der Waals surface area contributed by atoms with Crippen LogP contribution in [0.25, 0.3) is 0 Å². The second-order valence-corrected chi connectivity index (χ2v) is 2.60. The van der Waals surface area contributed by atoms with Crippen LogP contribution in [0.4, 0.5) is 32.0 Å². The monoisotopic (exact) mass is 246 g/mol. The number of alkyl halides is 5. The number of nitrogens with zero attached hydrogens (tertiary/aromatic N) is 1. The van der Waals surface area contributed by atoms with Crippen molar-refractivity contribution >= 4 is 5.69 Å². The van der Waals surface area contributed by atoms with Crippen molar-refractivity contribution in [2.75, 3.05) is 5.73 Å². The van der Waals surface area contributed by atoms with Crippen LogP contribution in [0.1, 0.15) is 12.1 Å². The van der Waals surface area contributed by atoms with Crippen molar-refractivity contribution in [1.29, 1.82) is 0 Å². The summed E-state index contributed by atoms with van der Waals surface area (Å²) in [5, 5.41) is 0. The molecule has 0 unspecified atom stereocenters. The van der Waals surface area contributed by atoms with Gasteiger partial charge in [-0.25, -0.2) is 13.8 Å². The number of halogens is 6. The highest BCUT2D eigenvalue weighted by atomic mass is 19.4. The van der Waals surface area contributed by atoms with E-state index in [9.17, 15) is 26.3 Å². The molecule has 0 bridgehead atoms. The Morgan fingerprint density at radius 3 is 2.31 bits per heavy atom. The first kappa shape index (κ1) is 12.4. The molecule has 0 saturated carbocycles. The largest absolute Gasteiger partial charge is 0.574 e. The molecule has 3 nitrogen and oxygen atoms in total. The Hall–Kier alpha value is -1.67. The van der Waals surface area contributed by atoms with Crippen LogP contribution in [0.3, 0.4) is 0 Å². The van der Waals surface area contributed by atoms with E-state index in [0.717, 1.165) is 0 Å². The first-order valence-corrected chi connectivity index (χ1v) is 3.70. The van der Waals surface area contributed by atoms with E-state index < -0.39 is 35.9 Å². The minimum absolute atomic E-state index is 0.434. The Morgan fingerprint density at radius 1 is 1.31 bits per heavy atom. The molecule has 0 aliphatic rings. The van der Waals surface area contributed by atoms with Crippen molar-refractivity contribution < 1.29 is 31.1 Å². The third-order valence-corrected chi connectivity index (χ3v) is 1.41. The maximum absolute atomic E-state index is 12.9. The molecular weight excluding hydrogens is 242 g/mol. The average molecular weight is 246 g/mol. The third-order valence-electron chi connectivity index (χ3n) is 1.41. The molecule has 2 N–H and O–H groups in total. The Morgan fingerprint density at radius 2 is 1.88 bits per heavy atom. The van der Waals surface area contributed by atoms with Gasteiger partial charge < -0.3 is 10.5 Å². The number of anilines is 1. The highest BCUT2D eigenvalue weighted by Crippen LogP contribution is 2.30. The molecule has 0 spiro atoms. The van der Waals surface area contributed by atoms with Gasteiger partial charge in [0, 0.05) is 0 Å². The molecule has 0 amide bonds. The summed E-state index contributed by atoms with van der Waals surface area (Å²) in [4.78, 5) is 2.67. The van der Waals surface area contributed by atoms with E-state index in [-0.39, 0.29) is 0 Å². The number of pyridine rings is 1. The molecule has 1 aromatic rings. The van der Waals surface area contributed by atoms with Gasteiger partial charge in [-0.3, -0.25) is 0 Å². The maximum atomic E-state index is 12.9. The summed E-state index contributed by atoms with van der Waals surface area (Å²) in [5.41, 5.74) is 2.88. The molecule has 1 rings (SSSR count). The van der Waals surface area contributed by atoms with Gasteiger partial charge in [-0.05, 0) is 6.07 Å². The zero-order valence-corrected chi connectivity index (χ0v) is 7.36. The van der Waals surface area contributed by atoms with Crippen LogP contribution in [0.2, 0.25) is 0 Å². The lowest BCUT2D eigenvalue weighted by Gasteiger charge is -2.11. The molecule has 1 heterocycles. The number of rotatable bonds is 2. The first-order chi connectivity index (χ1) is 7.20. The molecule has 0 aromatic carbocycles. The summed E-state index contributed by atoms with van der Waals surface area (Å²) in [6.07, 6.45) is -8.42. The number of nitrogens with two attached hydrogens (primary N) is 1. The van der Waals surface area contributed by atoms with Gasteiger partial charge in [0.05, 0.1) is 5.69 Å². The molecule has 0 aliphatic heterocycles. The van der Waals surface area contributed by atoms with Crippen LogP contribution < -0.4 is 10.5 Å². The van der Waals surface area contributed by atoms with Gasteiger partial charge in [0.2, 0.25) is 5.82 Å². The van der Waals surface area contributed by atoms with Crippen LogP contribution in [0, 0.1) is 5.82 Å². The van der Waals surface area contributed by atoms with E-state index in [4.69, 9.17) is 5.73 Å². The molecule has 0 saturated heterocycles. The van der Waals surface area contributed by atoms with Gasteiger partial charge in [-0.15, -0.1) is 13.2 Å². The van der Waals surface area contributed by atoms with Crippen molar-refractivity contribution in [2.45, 2.75) is 12.8 Å². The molecule has 0 atom stereocenters. The van der Waals surface area contributed by atoms with E-state index in [1.807, 2.05) is 0 Å². The van der Waals surface area contributed by atoms with E-state index >= 15 is 0 Å². The highest BCUT2D eigenvalue weighted by Gasteiger charge is 2.34.